The molecule has 0 saturated heterocycles. The minimum absolute atomic E-state index is 0.0400. The zero-order valence-electron chi connectivity index (χ0n) is 11.8. The molecule has 20 heavy (non-hydrogen) atoms. The number of ether oxygens (including phenoxy) is 2. The smallest absolute Gasteiger partial charge is 0.222 e. The molecule has 1 heterocycles. The number of aliphatic hydroxyl groups excluding tert-OH is 1. The maximum Gasteiger partial charge on any atom is 0.222 e. The van der Waals surface area contributed by atoms with Gasteiger partial charge in [-0.2, -0.15) is 0 Å². The molecule has 0 bridgehead atoms. The zero-order chi connectivity index (χ0) is 14.5. The summed E-state index contributed by atoms with van der Waals surface area (Å²) < 4.78 is 11.0. The first-order valence-electron chi connectivity index (χ1n) is 6.41. The van der Waals surface area contributed by atoms with E-state index in [4.69, 9.17) is 14.6 Å². The average molecular weight is 274 g/mol. The second-order valence-corrected chi connectivity index (χ2v) is 4.68. The van der Waals surface area contributed by atoms with Gasteiger partial charge in [-0.15, -0.1) is 0 Å². The van der Waals surface area contributed by atoms with E-state index >= 15 is 0 Å². The van der Waals surface area contributed by atoms with Crippen molar-refractivity contribution >= 4 is 0 Å². The molecule has 0 fully saturated rings. The molecule has 0 atom stereocenters. The Hall–Kier alpha value is -2.14. The van der Waals surface area contributed by atoms with Crippen LogP contribution in [-0.4, -0.2) is 22.2 Å². The molecule has 0 radical (unpaired) electrons. The number of aromatic nitrogens is 2. The summed E-state index contributed by atoms with van der Waals surface area (Å²) in [7, 11) is 1.56. The number of rotatable bonds is 5. The number of hydrogen-bond donors (Lipinski definition) is 1. The van der Waals surface area contributed by atoms with Crippen molar-refractivity contribution in [1.29, 1.82) is 0 Å². The van der Waals surface area contributed by atoms with Gasteiger partial charge >= 0.3 is 0 Å². The maximum atomic E-state index is 9.12. The van der Waals surface area contributed by atoms with Crippen LogP contribution < -0.4 is 9.47 Å². The molecular formula is C15H18N2O3. The van der Waals surface area contributed by atoms with Gasteiger partial charge in [0.25, 0.3) is 0 Å². The summed E-state index contributed by atoms with van der Waals surface area (Å²) in [4.78, 5) is 8.29. The molecule has 0 aliphatic heterocycles. The molecule has 0 spiro atoms. The standard InChI is InChI=1S/C15H18N2O3/c1-10(2)12-7-15(17-9-16-12)20-13-5-4-11(8-18)6-14(13)19-3/h4-7,9-10,18H,8H2,1-3H3. The molecule has 106 valence electrons. The van der Waals surface area contributed by atoms with Crippen LogP contribution in [0.1, 0.15) is 31.0 Å². The lowest BCUT2D eigenvalue weighted by Gasteiger charge is -2.11. The molecular weight excluding hydrogens is 256 g/mol. The fourth-order valence-electron chi connectivity index (χ4n) is 1.73. The molecule has 5 nitrogen and oxygen atoms in total. The van der Waals surface area contributed by atoms with E-state index in [1.54, 1.807) is 25.3 Å². The largest absolute Gasteiger partial charge is 0.493 e. The van der Waals surface area contributed by atoms with Crippen molar-refractivity contribution in [3.05, 3.63) is 41.9 Å². The minimum atomic E-state index is -0.0400. The summed E-state index contributed by atoms with van der Waals surface area (Å²) >= 11 is 0. The summed E-state index contributed by atoms with van der Waals surface area (Å²) in [6.07, 6.45) is 1.49. The van der Waals surface area contributed by atoms with E-state index < -0.39 is 0 Å². The molecule has 1 aromatic carbocycles. The van der Waals surface area contributed by atoms with Crippen LogP contribution in [0, 0.1) is 0 Å². The molecule has 5 heteroatoms. The highest BCUT2D eigenvalue weighted by Crippen LogP contribution is 2.32. The normalized spacial score (nSPS) is 10.7. The van der Waals surface area contributed by atoms with Gasteiger partial charge in [0.1, 0.15) is 6.33 Å². The van der Waals surface area contributed by atoms with Crippen molar-refractivity contribution < 1.29 is 14.6 Å². The third-order valence-electron chi connectivity index (χ3n) is 2.88. The summed E-state index contributed by atoms with van der Waals surface area (Å²) in [6, 6.07) is 7.08. The number of nitrogens with zero attached hydrogens (tertiary/aromatic N) is 2. The second kappa shape index (κ2) is 6.34. The van der Waals surface area contributed by atoms with E-state index in [-0.39, 0.29) is 6.61 Å². The summed E-state index contributed by atoms with van der Waals surface area (Å²) in [5.41, 5.74) is 1.68. The van der Waals surface area contributed by atoms with Crippen LogP contribution in [0.5, 0.6) is 17.4 Å². The van der Waals surface area contributed by atoms with Crippen molar-refractivity contribution in [3.8, 4) is 17.4 Å². The van der Waals surface area contributed by atoms with Crippen LogP contribution in [0.4, 0.5) is 0 Å². The number of methoxy groups -OCH3 is 1. The summed E-state index contributed by atoms with van der Waals surface area (Å²) in [6.45, 7) is 4.08. The molecule has 0 aliphatic carbocycles. The SMILES string of the molecule is COc1cc(CO)ccc1Oc1cc(C(C)C)ncn1. The van der Waals surface area contributed by atoms with Crippen molar-refractivity contribution in [2.75, 3.05) is 7.11 Å². The first-order valence-corrected chi connectivity index (χ1v) is 6.41. The van der Waals surface area contributed by atoms with Crippen LogP contribution in [0.3, 0.4) is 0 Å². The molecule has 1 N–H and O–H groups in total. The van der Waals surface area contributed by atoms with Gasteiger partial charge in [-0.1, -0.05) is 19.9 Å². The Morgan fingerprint density at radius 1 is 1.15 bits per heavy atom. The van der Waals surface area contributed by atoms with Crippen LogP contribution in [0.15, 0.2) is 30.6 Å². The molecule has 0 amide bonds. The number of benzene rings is 1. The Morgan fingerprint density at radius 3 is 2.60 bits per heavy atom. The first kappa shape index (κ1) is 14.3. The third-order valence-corrected chi connectivity index (χ3v) is 2.88. The van der Waals surface area contributed by atoms with E-state index in [2.05, 4.69) is 23.8 Å². The molecule has 0 aliphatic rings. The van der Waals surface area contributed by atoms with Gasteiger partial charge in [-0.25, -0.2) is 9.97 Å². The highest BCUT2D eigenvalue weighted by molar-refractivity contribution is 5.44. The highest BCUT2D eigenvalue weighted by Gasteiger charge is 2.09. The Morgan fingerprint density at radius 2 is 1.95 bits per heavy atom. The number of hydrogen-bond acceptors (Lipinski definition) is 5. The zero-order valence-corrected chi connectivity index (χ0v) is 11.8. The van der Waals surface area contributed by atoms with Crippen molar-refractivity contribution in [2.45, 2.75) is 26.4 Å². The van der Waals surface area contributed by atoms with Crippen LogP contribution in [0.25, 0.3) is 0 Å². The van der Waals surface area contributed by atoms with E-state index in [1.807, 2.05) is 6.07 Å². The van der Waals surface area contributed by atoms with E-state index in [1.165, 1.54) is 6.33 Å². The molecule has 2 aromatic rings. The Labute approximate surface area is 118 Å². The molecule has 2 rings (SSSR count). The van der Waals surface area contributed by atoms with Crippen molar-refractivity contribution in [2.24, 2.45) is 0 Å². The Bertz CT molecular complexity index is 585. The molecule has 1 aromatic heterocycles. The van der Waals surface area contributed by atoms with Gasteiger partial charge in [0.2, 0.25) is 5.88 Å². The lowest BCUT2D eigenvalue weighted by molar-refractivity contribution is 0.280. The van der Waals surface area contributed by atoms with E-state index in [0.717, 1.165) is 11.3 Å². The van der Waals surface area contributed by atoms with Gasteiger partial charge in [-0.05, 0) is 23.6 Å². The molecule has 0 saturated carbocycles. The first-order chi connectivity index (χ1) is 9.63. The van der Waals surface area contributed by atoms with E-state index in [9.17, 15) is 0 Å². The topological polar surface area (TPSA) is 64.5 Å². The summed E-state index contributed by atoms with van der Waals surface area (Å²) in [5.74, 6) is 1.89. The summed E-state index contributed by atoms with van der Waals surface area (Å²) in [5, 5.41) is 9.12. The van der Waals surface area contributed by atoms with Gasteiger partial charge in [-0.3, -0.25) is 0 Å². The Balaban J connectivity index is 2.27. The van der Waals surface area contributed by atoms with Gasteiger partial charge in [0.05, 0.1) is 19.4 Å². The van der Waals surface area contributed by atoms with Gasteiger partial charge < -0.3 is 14.6 Å². The minimum Gasteiger partial charge on any atom is -0.493 e. The van der Waals surface area contributed by atoms with Crippen molar-refractivity contribution in [3.63, 3.8) is 0 Å². The maximum absolute atomic E-state index is 9.12. The fraction of sp³-hybridized carbons (Fsp3) is 0.333. The quantitative estimate of drug-likeness (QED) is 0.908. The predicted octanol–water partition coefficient (Wildman–Crippen LogP) is 2.89. The van der Waals surface area contributed by atoms with Gasteiger partial charge in [0.15, 0.2) is 11.5 Å². The van der Waals surface area contributed by atoms with Crippen LogP contribution >= 0.6 is 0 Å². The lowest BCUT2D eigenvalue weighted by Crippen LogP contribution is -1.97. The second-order valence-electron chi connectivity index (χ2n) is 4.68. The lowest BCUT2D eigenvalue weighted by atomic mass is 10.1. The third kappa shape index (κ3) is 3.24. The van der Waals surface area contributed by atoms with Crippen LogP contribution in [-0.2, 0) is 6.61 Å². The predicted molar refractivity (Wildman–Crippen MR) is 75.1 cm³/mol. The monoisotopic (exact) mass is 274 g/mol. The molecule has 0 unspecified atom stereocenters. The Kier molecular flexibility index (Phi) is 4.53. The average Bonchev–Trinajstić information content (AvgIpc) is 2.48. The van der Waals surface area contributed by atoms with Crippen molar-refractivity contribution in [1.82, 2.24) is 9.97 Å². The van der Waals surface area contributed by atoms with E-state index in [0.29, 0.717) is 23.3 Å². The highest BCUT2D eigenvalue weighted by atomic mass is 16.5. The van der Waals surface area contributed by atoms with Crippen LogP contribution in [0.2, 0.25) is 0 Å². The van der Waals surface area contributed by atoms with Gasteiger partial charge in [0, 0.05) is 6.07 Å². The fourth-order valence-corrected chi connectivity index (χ4v) is 1.73. The number of aliphatic hydroxyl groups is 1.